The summed E-state index contributed by atoms with van der Waals surface area (Å²) in [5.41, 5.74) is 3.03. The normalized spacial score (nSPS) is 14.8. The monoisotopic (exact) mass is 286 g/mol. The Morgan fingerprint density at radius 1 is 1.00 bits per heavy atom. The Labute approximate surface area is 125 Å². The molecule has 0 radical (unpaired) electrons. The van der Waals surface area contributed by atoms with Gasteiger partial charge in [0.15, 0.2) is 5.09 Å². The Balaban J connectivity index is 1.93. The highest BCUT2D eigenvalue weighted by atomic mass is 32.2. The summed E-state index contributed by atoms with van der Waals surface area (Å²) in [7, 11) is 0. The minimum Gasteiger partial charge on any atom is -0.454 e. The fraction of sp³-hybridized carbons (Fsp3) is 0.444. The zero-order valence-electron chi connectivity index (χ0n) is 12.2. The van der Waals surface area contributed by atoms with Gasteiger partial charge in [-0.1, -0.05) is 43.3 Å². The molecule has 0 saturated carbocycles. The molecule has 2 aromatic rings. The lowest BCUT2D eigenvalue weighted by atomic mass is 10.0. The summed E-state index contributed by atoms with van der Waals surface area (Å²) in [6.07, 6.45) is 8.63. The summed E-state index contributed by atoms with van der Waals surface area (Å²) in [5, 5.41) is 1.15. The van der Waals surface area contributed by atoms with Crippen LogP contribution in [0.2, 0.25) is 0 Å². The molecular weight excluding hydrogens is 264 g/mol. The number of benzene rings is 1. The van der Waals surface area contributed by atoms with Gasteiger partial charge in [0.1, 0.15) is 5.76 Å². The third-order valence-corrected chi connectivity index (χ3v) is 4.97. The van der Waals surface area contributed by atoms with Crippen LogP contribution >= 0.6 is 11.8 Å². The highest BCUT2D eigenvalue weighted by molar-refractivity contribution is 7.99. The van der Waals surface area contributed by atoms with Gasteiger partial charge in [0.25, 0.3) is 0 Å². The molecule has 0 amide bonds. The molecule has 106 valence electrons. The van der Waals surface area contributed by atoms with E-state index in [2.05, 4.69) is 37.3 Å². The van der Waals surface area contributed by atoms with Gasteiger partial charge in [-0.15, -0.1) is 0 Å². The van der Waals surface area contributed by atoms with E-state index in [0.29, 0.717) is 0 Å². The predicted molar refractivity (Wildman–Crippen MR) is 84.5 cm³/mol. The second-order valence-electron chi connectivity index (χ2n) is 5.50. The zero-order chi connectivity index (χ0) is 13.8. The topological polar surface area (TPSA) is 13.1 Å². The third-order valence-electron chi connectivity index (χ3n) is 3.95. The molecule has 0 saturated heterocycles. The van der Waals surface area contributed by atoms with Gasteiger partial charge in [0.05, 0.1) is 0 Å². The highest BCUT2D eigenvalue weighted by Crippen LogP contribution is 2.39. The summed E-state index contributed by atoms with van der Waals surface area (Å²) in [4.78, 5) is 1.27. The van der Waals surface area contributed by atoms with E-state index >= 15 is 0 Å². The number of fused-ring (bicyclic) bond motifs is 1. The van der Waals surface area contributed by atoms with Crippen LogP contribution in [0.1, 0.15) is 49.5 Å². The minimum absolute atomic E-state index is 1.08. The fourth-order valence-corrected chi connectivity index (χ4v) is 3.96. The summed E-state index contributed by atoms with van der Waals surface area (Å²) in [6.45, 7) is 2.23. The molecule has 1 heterocycles. The molecule has 0 aliphatic heterocycles. The van der Waals surface area contributed by atoms with Crippen molar-refractivity contribution in [3.8, 4) is 0 Å². The predicted octanol–water partition coefficient (Wildman–Crippen LogP) is 5.65. The van der Waals surface area contributed by atoms with Crippen LogP contribution in [0.25, 0.3) is 0 Å². The summed E-state index contributed by atoms with van der Waals surface area (Å²) >= 11 is 1.79. The van der Waals surface area contributed by atoms with Gasteiger partial charge >= 0.3 is 0 Å². The first-order chi connectivity index (χ1) is 9.88. The van der Waals surface area contributed by atoms with Crippen LogP contribution in [0, 0.1) is 0 Å². The third kappa shape index (κ3) is 2.95. The van der Waals surface area contributed by atoms with Gasteiger partial charge < -0.3 is 4.42 Å². The molecule has 20 heavy (non-hydrogen) atoms. The van der Waals surface area contributed by atoms with Crippen LogP contribution < -0.4 is 0 Å². The Hall–Kier alpha value is -1.15. The van der Waals surface area contributed by atoms with Gasteiger partial charge in [-0.05, 0) is 49.8 Å². The van der Waals surface area contributed by atoms with E-state index in [1.165, 1.54) is 53.9 Å². The molecule has 1 aliphatic rings. The van der Waals surface area contributed by atoms with E-state index in [1.54, 1.807) is 11.8 Å². The van der Waals surface area contributed by atoms with Crippen LogP contribution in [0.4, 0.5) is 0 Å². The van der Waals surface area contributed by atoms with E-state index in [4.69, 9.17) is 4.42 Å². The maximum atomic E-state index is 6.23. The fourth-order valence-electron chi connectivity index (χ4n) is 2.96. The lowest BCUT2D eigenvalue weighted by Gasteiger charge is -2.01. The van der Waals surface area contributed by atoms with Crippen molar-refractivity contribution in [3.05, 3.63) is 47.2 Å². The maximum absolute atomic E-state index is 6.23. The van der Waals surface area contributed by atoms with E-state index in [0.717, 1.165) is 17.9 Å². The van der Waals surface area contributed by atoms with Crippen LogP contribution in [-0.4, -0.2) is 0 Å². The van der Waals surface area contributed by atoms with Crippen LogP contribution in [0.3, 0.4) is 0 Å². The van der Waals surface area contributed by atoms with Crippen molar-refractivity contribution in [3.63, 3.8) is 0 Å². The Morgan fingerprint density at radius 2 is 1.75 bits per heavy atom. The Morgan fingerprint density at radius 3 is 2.50 bits per heavy atom. The molecule has 0 atom stereocenters. The lowest BCUT2D eigenvalue weighted by molar-refractivity contribution is 0.420. The first-order valence-corrected chi connectivity index (χ1v) is 8.56. The molecule has 0 bridgehead atoms. The smallest absolute Gasteiger partial charge is 0.168 e. The molecular formula is C18H22OS. The summed E-state index contributed by atoms with van der Waals surface area (Å²) < 4.78 is 6.23. The number of rotatable bonds is 4. The van der Waals surface area contributed by atoms with Gasteiger partial charge in [-0.25, -0.2) is 0 Å². The number of hydrogen-bond donors (Lipinski definition) is 0. The molecule has 3 rings (SSSR count). The summed E-state index contributed by atoms with van der Waals surface area (Å²) in [6, 6.07) is 10.6. The number of aryl methyl sites for hydroxylation is 1. The molecule has 0 N–H and O–H groups in total. The molecule has 1 nitrogen and oxygen atoms in total. The van der Waals surface area contributed by atoms with Crippen molar-refractivity contribution in [2.75, 3.05) is 0 Å². The van der Waals surface area contributed by atoms with E-state index < -0.39 is 0 Å². The van der Waals surface area contributed by atoms with Crippen LogP contribution in [0.15, 0.2) is 44.7 Å². The number of furan rings is 1. The van der Waals surface area contributed by atoms with Crippen molar-refractivity contribution in [1.29, 1.82) is 0 Å². The van der Waals surface area contributed by atoms with Crippen molar-refractivity contribution in [1.82, 2.24) is 0 Å². The average molecular weight is 286 g/mol. The largest absolute Gasteiger partial charge is 0.454 e. The molecule has 2 heteroatoms. The molecule has 0 spiro atoms. The molecule has 1 aromatic heterocycles. The second kappa shape index (κ2) is 6.53. The van der Waals surface area contributed by atoms with Gasteiger partial charge in [-0.2, -0.15) is 0 Å². The minimum atomic E-state index is 1.08. The molecule has 0 unspecified atom stereocenters. The molecule has 0 fully saturated rings. The summed E-state index contributed by atoms with van der Waals surface area (Å²) in [5.74, 6) is 1.25. The average Bonchev–Trinajstić information content (AvgIpc) is 2.67. The van der Waals surface area contributed by atoms with Crippen molar-refractivity contribution in [2.24, 2.45) is 0 Å². The van der Waals surface area contributed by atoms with Gasteiger partial charge in [0.2, 0.25) is 0 Å². The SMILES string of the molecule is CCCc1oc(Sc2ccccc2)c2c1CCCCC2. The lowest BCUT2D eigenvalue weighted by Crippen LogP contribution is -1.91. The Bertz CT molecular complexity index is 556. The Kier molecular flexibility index (Phi) is 4.51. The highest BCUT2D eigenvalue weighted by Gasteiger charge is 2.21. The zero-order valence-corrected chi connectivity index (χ0v) is 13.0. The molecule has 1 aliphatic carbocycles. The van der Waals surface area contributed by atoms with Crippen LogP contribution in [0.5, 0.6) is 0 Å². The van der Waals surface area contributed by atoms with E-state index in [-0.39, 0.29) is 0 Å². The van der Waals surface area contributed by atoms with Crippen LogP contribution in [-0.2, 0) is 19.3 Å². The van der Waals surface area contributed by atoms with E-state index in [9.17, 15) is 0 Å². The van der Waals surface area contributed by atoms with Crippen molar-refractivity contribution >= 4 is 11.8 Å². The van der Waals surface area contributed by atoms with Gasteiger partial charge in [0, 0.05) is 16.9 Å². The van der Waals surface area contributed by atoms with Gasteiger partial charge in [-0.3, -0.25) is 0 Å². The first kappa shape index (κ1) is 13.8. The number of hydrogen-bond acceptors (Lipinski definition) is 2. The van der Waals surface area contributed by atoms with E-state index in [1.807, 2.05) is 0 Å². The van der Waals surface area contributed by atoms with Crippen molar-refractivity contribution < 1.29 is 4.42 Å². The maximum Gasteiger partial charge on any atom is 0.168 e. The standard InChI is InChI=1S/C18H22OS/c1-2-9-17-15-12-7-4-8-13-16(15)18(19-17)20-14-10-5-3-6-11-14/h3,5-6,10-11H,2,4,7-9,12-13H2,1H3. The second-order valence-corrected chi connectivity index (χ2v) is 6.54. The quantitative estimate of drug-likeness (QED) is 0.673. The first-order valence-electron chi connectivity index (χ1n) is 7.74. The molecule has 1 aromatic carbocycles. The van der Waals surface area contributed by atoms with Crippen molar-refractivity contribution in [2.45, 2.75) is 61.9 Å².